The maximum atomic E-state index is 10.6. The molecule has 2 unspecified atom stereocenters. The Morgan fingerprint density at radius 3 is 2.93 bits per heavy atom. The summed E-state index contributed by atoms with van der Waals surface area (Å²) in [5, 5.41) is 21.6. The molecule has 1 aliphatic heterocycles. The number of carboxylic acids is 1. The number of nitrogens with one attached hydrogen (secondary N) is 1. The molecule has 1 fully saturated rings. The molecular formula is C9H17NO3S. The largest absolute Gasteiger partial charge is 0.479 e. The van der Waals surface area contributed by atoms with Crippen molar-refractivity contribution in [1.82, 2.24) is 5.32 Å². The van der Waals surface area contributed by atoms with Crippen LogP contribution in [0.25, 0.3) is 0 Å². The molecule has 5 heteroatoms. The summed E-state index contributed by atoms with van der Waals surface area (Å²) in [5.41, 5.74) is -1.65. The van der Waals surface area contributed by atoms with Gasteiger partial charge in [-0.05, 0) is 25.5 Å². The van der Waals surface area contributed by atoms with Crippen molar-refractivity contribution in [3.05, 3.63) is 0 Å². The zero-order valence-corrected chi connectivity index (χ0v) is 9.14. The molecule has 0 saturated carbocycles. The van der Waals surface area contributed by atoms with Crippen molar-refractivity contribution in [3.63, 3.8) is 0 Å². The molecule has 1 heterocycles. The molecule has 0 bridgehead atoms. The number of carboxylic acid groups (broad SMARTS) is 1. The van der Waals surface area contributed by atoms with Crippen LogP contribution in [0.1, 0.15) is 19.8 Å². The molecule has 3 N–H and O–H groups in total. The van der Waals surface area contributed by atoms with Gasteiger partial charge in [0, 0.05) is 18.3 Å². The van der Waals surface area contributed by atoms with Crippen LogP contribution in [0.5, 0.6) is 0 Å². The van der Waals surface area contributed by atoms with Gasteiger partial charge in [-0.1, -0.05) is 0 Å². The van der Waals surface area contributed by atoms with Crippen molar-refractivity contribution >= 4 is 17.7 Å². The Morgan fingerprint density at radius 1 is 1.71 bits per heavy atom. The maximum Gasteiger partial charge on any atom is 0.336 e. The van der Waals surface area contributed by atoms with Crippen LogP contribution >= 0.6 is 11.8 Å². The molecule has 0 amide bonds. The van der Waals surface area contributed by atoms with Gasteiger partial charge >= 0.3 is 5.97 Å². The van der Waals surface area contributed by atoms with E-state index in [-0.39, 0.29) is 6.54 Å². The predicted octanol–water partition coefficient (Wildman–Crippen LogP) is 0.307. The highest BCUT2D eigenvalue weighted by Gasteiger charge is 2.29. The fourth-order valence-corrected chi connectivity index (χ4v) is 2.59. The maximum absolute atomic E-state index is 10.6. The Kier molecular flexibility index (Phi) is 4.22. The molecular weight excluding hydrogens is 202 g/mol. The molecule has 1 saturated heterocycles. The van der Waals surface area contributed by atoms with Gasteiger partial charge in [0.25, 0.3) is 0 Å². The summed E-state index contributed by atoms with van der Waals surface area (Å²) in [6.07, 6.45) is 2.43. The lowest BCUT2D eigenvalue weighted by Crippen LogP contribution is -2.46. The van der Waals surface area contributed by atoms with Gasteiger partial charge in [-0.25, -0.2) is 4.79 Å². The van der Waals surface area contributed by atoms with Crippen molar-refractivity contribution < 1.29 is 15.0 Å². The first-order chi connectivity index (χ1) is 6.52. The van der Waals surface area contributed by atoms with E-state index in [0.29, 0.717) is 5.25 Å². The number of aliphatic carboxylic acids is 1. The van der Waals surface area contributed by atoms with Gasteiger partial charge in [0.2, 0.25) is 0 Å². The van der Waals surface area contributed by atoms with Gasteiger partial charge in [0.05, 0.1) is 0 Å². The number of hydrogen-bond acceptors (Lipinski definition) is 4. The highest BCUT2D eigenvalue weighted by atomic mass is 32.2. The molecule has 0 radical (unpaired) electrons. The zero-order valence-electron chi connectivity index (χ0n) is 8.32. The van der Waals surface area contributed by atoms with Gasteiger partial charge in [0.1, 0.15) is 0 Å². The zero-order chi connectivity index (χ0) is 10.6. The fraction of sp³-hybridized carbons (Fsp3) is 0.889. The van der Waals surface area contributed by atoms with Gasteiger partial charge < -0.3 is 15.5 Å². The monoisotopic (exact) mass is 219 g/mol. The molecule has 1 aliphatic rings. The van der Waals surface area contributed by atoms with E-state index in [2.05, 4.69) is 5.32 Å². The average molecular weight is 219 g/mol. The van der Waals surface area contributed by atoms with Crippen LogP contribution in [0.2, 0.25) is 0 Å². The molecule has 0 aromatic carbocycles. The Bertz CT molecular complexity index is 202. The summed E-state index contributed by atoms with van der Waals surface area (Å²) in [5.74, 6) is 0.0193. The SMILES string of the molecule is CC(O)(CNCC1CCCS1)C(=O)O. The van der Waals surface area contributed by atoms with Crippen LogP contribution in [0.3, 0.4) is 0 Å². The number of hydrogen-bond donors (Lipinski definition) is 3. The van der Waals surface area contributed by atoms with Crippen molar-refractivity contribution in [2.24, 2.45) is 0 Å². The standard InChI is InChI=1S/C9H17NO3S/c1-9(13,8(11)12)6-10-5-7-3-2-4-14-7/h7,10,13H,2-6H2,1H3,(H,11,12). The van der Waals surface area contributed by atoms with E-state index in [1.807, 2.05) is 11.8 Å². The first-order valence-corrected chi connectivity index (χ1v) is 5.85. The molecule has 0 spiro atoms. The van der Waals surface area contributed by atoms with Gasteiger partial charge in [0.15, 0.2) is 5.60 Å². The van der Waals surface area contributed by atoms with Crippen molar-refractivity contribution in [1.29, 1.82) is 0 Å². The minimum atomic E-state index is -1.65. The lowest BCUT2D eigenvalue weighted by atomic mass is 10.1. The molecule has 0 aromatic heterocycles. The molecule has 82 valence electrons. The minimum Gasteiger partial charge on any atom is -0.479 e. The summed E-state index contributed by atoms with van der Waals surface area (Å²) in [4.78, 5) is 10.6. The van der Waals surface area contributed by atoms with E-state index >= 15 is 0 Å². The summed E-state index contributed by atoms with van der Waals surface area (Å²) >= 11 is 1.91. The third kappa shape index (κ3) is 3.48. The highest BCUT2D eigenvalue weighted by Crippen LogP contribution is 2.25. The smallest absolute Gasteiger partial charge is 0.336 e. The Balaban J connectivity index is 2.16. The quantitative estimate of drug-likeness (QED) is 0.621. The summed E-state index contributed by atoms with van der Waals surface area (Å²) in [6.45, 7) is 2.21. The molecule has 0 aromatic rings. The van der Waals surface area contributed by atoms with E-state index in [1.54, 1.807) is 0 Å². The van der Waals surface area contributed by atoms with Crippen LogP contribution < -0.4 is 5.32 Å². The fourth-order valence-electron chi connectivity index (χ4n) is 1.36. The van der Waals surface area contributed by atoms with Crippen LogP contribution in [0.15, 0.2) is 0 Å². The number of thioether (sulfide) groups is 1. The first kappa shape index (κ1) is 11.8. The van der Waals surface area contributed by atoms with Crippen LogP contribution in [-0.2, 0) is 4.79 Å². The van der Waals surface area contributed by atoms with Gasteiger partial charge in [-0.15, -0.1) is 0 Å². The van der Waals surface area contributed by atoms with E-state index in [9.17, 15) is 9.90 Å². The van der Waals surface area contributed by atoms with Crippen molar-refractivity contribution in [3.8, 4) is 0 Å². The second-order valence-electron chi connectivity index (χ2n) is 3.84. The Labute approximate surface area is 88.1 Å². The van der Waals surface area contributed by atoms with Crippen LogP contribution in [0.4, 0.5) is 0 Å². The summed E-state index contributed by atoms with van der Waals surface area (Å²) < 4.78 is 0. The van der Waals surface area contributed by atoms with Crippen molar-refractivity contribution in [2.75, 3.05) is 18.8 Å². The first-order valence-electron chi connectivity index (χ1n) is 4.80. The number of rotatable bonds is 5. The molecule has 4 nitrogen and oxygen atoms in total. The predicted molar refractivity (Wildman–Crippen MR) is 56.6 cm³/mol. The number of aliphatic hydroxyl groups is 1. The van der Waals surface area contributed by atoms with E-state index in [4.69, 9.17) is 5.11 Å². The normalized spacial score (nSPS) is 26.0. The average Bonchev–Trinajstić information content (AvgIpc) is 2.56. The number of carbonyl (C=O) groups is 1. The van der Waals surface area contributed by atoms with Crippen LogP contribution in [-0.4, -0.2) is 45.9 Å². The third-order valence-electron chi connectivity index (χ3n) is 2.33. The second kappa shape index (κ2) is 5.00. The minimum absolute atomic E-state index is 0.111. The molecule has 0 aliphatic carbocycles. The molecule has 14 heavy (non-hydrogen) atoms. The van der Waals surface area contributed by atoms with Crippen molar-refractivity contribution in [2.45, 2.75) is 30.6 Å². The summed E-state index contributed by atoms with van der Waals surface area (Å²) in [6, 6.07) is 0. The van der Waals surface area contributed by atoms with Gasteiger partial charge in [-0.2, -0.15) is 11.8 Å². The lowest BCUT2D eigenvalue weighted by Gasteiger charge is -2.19. The Hall–Kier alpha value is -0.260. The molecule has 1 rings (SSSR count). The highest BCUT2D eigenvalue weighted by molar-refractivity contribution is 8.00. The van der Waals surface area contributed by atoms with Gasteiger partial charge in [-0.3, -0.25) is 0 Å². The lowest BCUT2D eigenvalue weighted by molar-refractivity contribution is -0.156. The Morgan fingerprint density at radius 2 is 2.43 bits per heavy atom. The second-order valence-corrected chi connectivity index (χ2v) is 5.25. The van der Waals surface area contributed by atoms with E-state index in [0.717, 1.165) is 6.54 Å². The van der Waals surface area contributed by atoms with E-state index < -0.39 is 11.6 Å². The summed E-state index contributed by atoms with van der Waals surface area (Å²) in [7, 11) is 0. The third-order valence-corrected chi connectivity index (χ3v) is 3.72. The van der Waals surface area contributed by atoms with Crippen LogP contribution in [0, 0.1) is 0 Å². The van der Waals surface area contributed by atoms with E-state index in [1.165, 1.54) is 25.5 Å². The molecule has 2 atom stereocenters. The topological polar surface area (TPSA) is 69.6 Å².